The molecule has 0 spiro atoms. The van der Waals surface area contributed by atoms with Gasteiger partial charge < -0.3 is 20.2 Å². The van der Waals surface area contributed by atoms with Crippen LogP contribution in [0.2, 0.25) is 0 Å². The van der Waals surface area contributed by atoms with E-state index in [1.165, 1.54) is 7.11 Å². The fraction of sp³-hybridized carbons (Fsp3) is 0.583. The molecule has 0 radical (unpaired) electrons. The van der Waals surface area contributed by atoms with Gasteiger partial charge in [0.25, 0.3) is 0 Å². The van der Waals surface area contributed by atoms with Crippen LogP contribution in [0.5, 0.6) is 5.88 Å². The van der Waals surface area contributed by atoms with Gasteiger partial charge in [0.2, 0.25) is 5.88 Å². The molecular weight excluding hydrogens is 231 g/mol. The van der Waals surface area contributed by atoms with Crippen LogP contribution in [0.4, 0.5) is 5.82 Å². The van der Waals surface area contributed by atoms with Crippen molar-refractivity contribution in [3.05, 3.63) is 12.1 Å². The van der Waals surface area contributed by atoms with Crippen molar-refractivity contribution < 1.29 is 14.5 Å². The van der Waals surface area contributed by atoms with Gasteiger partial charge in [-0.15, -0.1) is 0 Å². The fourth-order valence-corrected chi connectivity index (χ4v) is 1.20. The monoisotopic (exact) mass is 252 g/mol. The predicted octanol–water partition coefficient (Wildman–Crippen LogP) is 0.215. The Labute approximate surface area is 109 Å². The van der Waals surface area contributed by atoms with Crippen LogP contribution in [0.25, 0.3) is 0 Å². The number of ether oxygens (including phenoxy) is 1. The number of methoxy groups -OCH3 is 1. The summed E-state index contributed by atoms with van der Waals surface area (Å²) >= 11 is 0. The molecule has 0 aromatic carbocycles. The molecule has 1 aromatic rings. The molecule has 1 heterocycles. The van der Waals surface area contributed by atoms with E-state index in [9.17, 15) is 5.11 Å². The predicted molar refractivity (Wildman–Crippen MR) is 73.4 cm³/mol. The Hall–Kier alpha value is -1.27. The van der Waals surface area contributed by atoms with Gasteiger partial charge in [-0.05, 0) is 33.8 Å². The molecule has 0 fully saturated rings. The molecule has 0 aliphatic carbocycles. The molecule has 0 atom stereocenters. The normalized spacial score (nSPS) is 12.3. The van der Waals surface area contributed by atoms with Crippen LogP contribution in [0.15, 0.2) is 12.1 Å². The molecule has 1 rings (SSSR count). The number of hydrogen-bond acceptors (Lipinski definition) is 5. The van der Waals surface area contributed by atoms with E-state index >= 15 is 0 Å². The summed E-state index contributed by atoms with van der Waals surface area (Å²) in [5.41, 5.74) is 4.75. The number of pyridine rings is 1. The lowest BCUT2D eigenvalue weighted by Crippen LogP contribution is -2.49. The van der Waals surface area contributed by atoms with Gasteiger partial charge in [-0.2, -0.15) is 4.98 Å². The Kier molecular flexibility index (Phi) is 4.24. The number of nitrogens with zero attached hydrogens (tertiary/aromatic N) is 1. The molecule has 0 saturated carbocycles. The van der Waals surface area contributed by atoms with Crippen molar-refractivity contribution in [2.24, 2.45) is 0 Å². The Balaban J connectivity index is 2.81. The Morgan fingerprint density at radius 2 is 1.89 bits per heavy atom. The molecule has 0 aliphatic rings. The molecule has 100 valence electrons. The first-order chi connectivity index (χ1) is 8.17. The van der Waals surface area contributed by atoms with Crippen molar-refractivity contribution in [1.29, 1.82) is 0 Å². The van der Waals surface area contributed by atoms with Gasteiger partial charge >= 0.3 is 7.48 Å². The summed E-state index contributed by atoms with van der Waals surface area (Å²) in [6.07, 6.45) is 0. The minimum atomic E-state index is -0.943. The van der Waals surface area contributed by atoms with E-state index in [4.69, 9.17) is 15.1 Å². The van der Waals surface area contributed by atoms with Crippen molar-refractivity contribution in [3.63, 3.8) is 0 Å². The van der Waals surface area contributed by atoms with Crippen LogP contribution in [-0.4, -0.2) is 35.9 Å². The third-order valence-electron chi connectivity index (χ3n) is 3.22. The van der Waals surface area contributed by atoms with Crippen LogP contribution in [-0.2, 0) is 4.65 Å². The summed E-state index contributed by atoms with van der Waals surface area (Å²) in [5.74, 6) is 0.846. The molecule has 1 aromatic heterocycles. The Morgan fingerprint density at radius 1 is 1.28 bits per heavy atom. The van der Waals surface area contributed by atoms with Crippen LogP contribution < -0.4 is 15.9 Å². The fourth-order valence-electron chi connectivity index (χ4n) is 1.20. The van der Waals surface area contributed by atoms with Crippen LogP contribution >= 0.6 is 0 Å². The number of nitrogen functional groups attached to an aromatic ring is 1. The number of aliphatic hydroxyl groups is 1. The second kappa shape index (κ2) is 5.16. The van der Waals surface area contributed by atoms with E-state index in [0.29, 0.717) is 19.2 Å². The molecule has 0 bridgehead atoms. The smallest absolute Gasteiger partial charge is 0.315 e. The molecule has 18 heavy (non-hydrogen) atoms. The summed E-state index contributed by atoms with van der Waals surface area (Å²) in [6, 6.07) is 3.50. The van der Waals surface area contributed by atoms with Crippen LogP contribution in [0, 0.1) is 0 Å². The number of rotatable bonds is 5. The van der Waals surface area contributed by atoms with Gasteiger partial charge in [0, 0.05) is 5.46 Å². The van der Waals surface area contributed by atoms with E-state index in [2.05, 4.69) is 4.98 Å². The molecule has 3 N–H and O–H groups in total. The summed E-state index contributed by atoms with van der Waals surface area (Å²) in [6.45, 7) is 7.10. The SMILES string of the molecule is COc1nc(N)ccc1BOC(C)(C)C(C)(C)O. The Morgan fingerprint density at radius 3 is 2.39 bits per heavy atom. The van der Waals surface area contributed by atoms with E-state index in [0.717, 1.165) is 5.46 Å². The summed E-state index contributed by atoms with van der Waals surface area (Å²) < 4.78 is 10.9. The Bertz CT molecular complexity index is 416. The molecule has 6 heteroatoms. The van der Waals surface area contributed by atoms with Crippen molar-refractivity contribution in [2.75, 3.05) is 12.8 Å². The van der Waals surface area contributed by atoms with Gasteiger partial charge in [0.05, 0.1) is 18.3 Å². The maximum Gasteiger partial charge on any atom is 0.315 e. The van der Waals surface area contributed by atoms with Gasteiger partial charge in [-0.1, -0.05) is 6.07 Å². The van der Waals surface area contributed by atoms with E-state index < -0.39 is 11.2 Å². The highest BCUT2D eigenvalue weighted by Gasteiger charge is 2.35. The molecule has 0 saturated heterocycles. The highest BCUT2D eigenvalue weighted by molar-refractivity contribution is 6.48. The zero-order valence-electron chi connectivity index (χ0n) is 11.7. The maximum atomic E-state index is 10.0. The number of anilines is 1. The number of aromatic nitrogens is 1. The number of nitrogens with two attached hydrogens (primary N) is 1. The highest BCUT2D eigenvalue weighted by Crippen LogP contribution is 2.24. The third-order valence-corrected chi connectivity index (χ3v) is 3.22. The summed E-state index contributed by atoms with van der Waals surface area (Å²) in [5, 5.41) is 10.0. The average Bonchev–Trinajstić information content (AvgIpc) is 2.25. The van der Waals surface area contributed by atoms with Gasteiger partial charge in [0.1, 0.15) is 5.82 Å². The van der Waals surface area contributed by atoms with Gasteiger partial charge in [-0.25, -0.2) is 0 Å². The second-order valence-corrected chi connectivity index (χ2v) is 5.26. The second-order valence-electron chi connectivity index (χ2n) is 5.26. The third kappa shape index (κ3) is 3.37. The summed E-state index contributed by atoms with van der Waals surface area (Å²) in [4.78, 5) is 4.07. The van der Waals surface area contributed by atoms with Crippen LogP contribution in [0.3, 0.4) is 0 Å². The number of hydrogen-bond donors (Lipinski definition) is 2. The van der Waals surface area contributed by atoms with Crippen molar-refractivity contribution in [1.82, 2.24) is 4.98 Å². The lowest BCUT2D eigenvalue weighted by Gasteiger charge is -2.37. The van der Waals surface area contributed by atoms with Gasteiger partial charge in [-0.3, -0.25) is 0 Å². The minimum Gasteiger partial charge on any atom is -0.481 e. The zero-order chi connectivity index (χ0) is 14.0. The van der Waals surface area contributed by atoms with E-state index in [1.807, 2.05) is 19.9 Å². The van der Waals surface area contributed by atoms with Crippen molar-refractivity contribution in [3.8, 4) is 5.88 Å². The van der Waals surface area contributed by atoms with E-state index in [1.54, 1.807) is 19.9 Å². The lowest BCUT2D eigenvalue weighted by molar-refractivity contribution is -0.0893. The largest absolute Gasteiger partial charge is 0.481 e. The zero-order valence-corrected chi connectivity index (χ0v) is 11.7. The standard InChI is InChI=1S/C12H21BN2O3/c1-11(2,16)12(3,4)18-13-8-6-7-9(14)15-10(8)17-5/h6-7,13,16H,1-5H3,(H2,14,15). The van der Waals surface area contributed by atoms with Crippen molar-refractivity contribution in [2.45, 2.75) is 38.9 Å². The topological polar surface area (TPSA) is 77.6 Å². The maximum absolute atomic E-state index is 10.0. The minimum absolute atomic E-state index is 0.299. The lowest BCUT2D eigenvalue weighted by atomic mass is 9.83. The first-order valence-corrected chi connectivity index (χ1v) is 5.83. The molecular formula is C12H21BN2O3. The van der Waals surface area contributed by atoms with Crippen LogP contribution in [0.1, 0.15) is 27.7 Å². The first kappa shape index (κ1) is 14.8. The van der Waals surface area contributed by atoms with E-state index in [-0.39, 0.29) is 0 Å². The quantitative estimate of drug-likeness (QED) is 0.733. The average molecular weight is 252 g/mol. The molecule has 5 nitrogen and oxygen atoms in total. The van der Waals surface area contributed by atoms with Gasteiger partial charge in [0.15, 0.2) is 0 Å². The molecule has 0 amide bonds. The summed E-state index contributed by atoms with van der Waals surface area (Å²) in [7, 11) is 1.83. The molecule has 0 aliphatic heterocycles. The first-order valence-electron chi connectivity index (χ1n) is 5.83. The molecule has 0 unspecified atom stereocenters. The highest BCUT2D eigenvalue weighted by atomic mass is 16.5. The van der Waals surface area contributed by atoms with Crippen molar-refractivity contribution >= 4 is 18.8 Å².